The van der Waals surface area contributed by atoms with E-state index >= 15 is 0 Å². The zero-order valence-electron chi connectivity index (χ0n) is 10.9. The third kappa shape index (κ3) is 6.51. The second kappa shape index (κ2) is 7.47. The molecule has 1 aromatic rings. The molecule has 1 amide bonds. The van der Waals surface area contributed by atoms with Crippen LogP contribution in [0.15, 0.2) is 6.20 Å². The van der Waals surface area contributed by atoms with Gasteiger partial charge in [0.25, 0.3) is 0 Å². The minimum atomic E-state index is -0.989. The normalized spacial score (nSPS) is 12.1. The summed E-state index contributed by atoms with van der Waals surface area (Å²) in [5.41, 5.74) is 6.11. The lowest BCUT2D eigenvalue weighted by Gasteiger charge is -2.05. The highest BCUT2D eigenvalue weighted by Crippen LogP contribution is 1.99. The summed E-state index contributed by atoms with van der Waals surface area (Å²) in [4.78, 5) is 21.9. The number of carbonyl (C=O) groups is 2. The monoisotopic (exact) mass is 269 g/mol. The van der Waals surface area contributed by atoms with Crippen molar-refractivity contribution in [2.45, 2.75) is 45.3 Å². The van der Waals surface area contributed by atoms with Crippen molar-refractivity contribution in [2.24, 2.45) is 5.73 Å². The first-order valence-electron chi connectivity index (χ1n) is 6.10. The standard InChI is InChI=1S/C11H19N5O3/c1-8(12)3-2-4-10(17)13-5-9-6-16(15-14-9)7-11(18)19/h6,8H,2-5,7,12H2,1H3,(H,13,17)(H,18,19). The van der Waals surface area contributed by atoms with Crippen molar-refractivity contribution in [3.8, 4) is 0 Å². The smallest absolute Gasteiger partial charge is 0.325 e. The molecule has 1 unspecified atom stereocenters. The lowest BCUT2D eigenvalue weighted by atomic mass is 10.1. The topological polar surface area (TPSA) is 123 Å². The fourth-order valence-electron chi connectivity index (χ4n) is 1.50. The molecule has 0 fully saturated rings. The highest BCUT2D eigenvalue weighted by Gasteiger charge is 2.06. The number of hydrogen-bond acceptors (Lipinski definition) is 5. The lowest BCUT2D eigenvalue weighted by molar-refractivity contribution is -0.138. The van der Waals surface area contributed by atoms with E-state index in [1.54, 1.807) is 0 Å². The summed E-state index contributed by atoms with van der Waals surface area (Å²) in [7, 11) is 0. The Kier molecular flexibility index (Phi) is 5.94. The molecule has 0 aliphatic carbocycles. The van der Waals surface area contributed by atoms with Crippen LogP contribution in [-0.2, 0) is 22.7 Å². The van der Waals surface area contributed by atoms with Gasteiger partial charge in [0.2, 0.25) is 5.91 Å². The van der Waals surface area contributed by atoms with E-state index in [0.717, 1.165) is 12.8 Å². The van der Waals surface area contributed by atoms with Crippen LogP contribution in [0, 0.1) is 0 Å². The van der Waals surface area contributed by atoms with Gasteiger partial charge >= 0.3 is 5.97 Å². The van der Waals surface area contributed by atoms with Crippen LogP contribution in [0.2, 0.25) is 0 Å². The molecule has 1 atom stereocenters. The van der Waals surface area contributed by atoms with Gasteiger partial charge in [0, 0.05) is 12.5 Å². The maximum absolute atomic E-state index is 11.5. The molecule has 0 spiro atoms. The number of amides is 1. The largest absolute Gasteiger partial charge is 0.480 e. The molecule has 0 saturated heterocycles. The van der Waals surface area contributed by atoms with Crippen molar-refractivity contribution in [3.63, 3.8) is 0 Å². The number of carboxylic acids is 1. The number of rotatable bonds is 8. The molecule has 1 aromatic heterocycles. The molecule has 8 nitrogen and oxygen atoms in total. The Labute approximate surface area is 111 Å². The molecule has 0 bridgehead atoms. The summed E-state index contributed by atoms with van der Waals surface area (Å²) in [6.45, 7) is 1.91. The van der Waals surface area contributed by atoms with E-state index in [1.807, 2.05) is 6.92 Å². The second-order valence-electron chi connectivity index (χ2n) is 4.45. The van der Waals surface area contributed by atoms with E-state index in [4.69, 9.17) is 10.8 Å². The predicted octanol–water partition coefficient (Wildman–Crippen LogP) is -0.504. The average molecular weight is 269 g/mol. The summed E-state index contributed by atoms with van der Waals surface area (Å²) in [5, 5.41) is 18.7. The number of nitrogens with two attached hydrogens (primary N) is 1. The van der Waals surface area contributed by atoms with Gasteiger partial charge in [-0.3, -0.25) is 9.59 Å². The number of aromatic nitrogens is 3. The lowest BCUT2D eigenvalue weighted by Crippen LogP contribution is -2.23. The van der Waals surface area contributed by atoms with Crippen LogP contribution < -0.4 is 11.1 Å². The number of nitrogens with one attached hydrogen (secondary N) is 1. The highest BCUT2D eigenvalue weighted by molar-refractivity contribution is 5.75. The maximum atomic E-state index is 11.5. The third-order valence-corrected chi connectivity index (χ3v) is 2.41. The van der Waals surface area contributed by atoms with Gasteiger partial charge in [0.05, 0.1) is 12.7 Å². The zero-order chi connectivity index (χ0) is 14.3. The van der Waals surface area contributed by atoms with Gasteiger partial charge in [-0.1, -0.05) is 5.21 Å². The van der Waals surface area contributed by atoms with Crippen LogP contribution in [0.1, 0.15) is 31.9 Å². The van der Waals surface area contributed by atoms with Gasteiger partial charge in [0.1, 0.15) is 12.2 Å². The molecule has 19 heavy (non-hydrogen) atoms. The average Bonchev–Trinajstić information content (AvgIpc) is 2.72. The first-order chi connectivity index (χ1) is 8.97. The molecule has 0 aromatic carbocycles. The van der Waals surface area contributed by atoms with Crippen LogP contribution in [-0.4, -0.2) is 38.0 Å². The van der Waals surface area contributed by atoms with E-state index in [0.29, 0.717) is 12.1 Å². The predicted molar refractivity (Wildman–Crippen MR) is 67.0 cm³/mol. The van der Waals surface area contributed by atoms with Crippen molar-refractivity contribution in [2.75, 3.05) is 0 Å². The van der Waals surface area contributed by atoms with E-state index in [1.165, 1.54) is 10.9 Å². The van der Waals surface area contributed by atoms with E-state index in [9.17, 15) is 9.59 Å². The number of carbonyl (C=O) groups excluding carboxylic acids is 1. The van der Waals surface area contributed by atoms with Crippen molar-refractivity contribution in [1.29, 1.82) is 0 Å². The molecule has 0 saturated carbocycles. The van der Waals surface area contributed by atoms with E-state index in [2.05, 4.69) is 15.6 Å². The Morgan fingerprint density at radius 1 is 1.58 bits per heavy atom. The van der Waals surface area contributed by atoms with Crippen LogP contribution in [0.3, 0.4) is 0 Å². The summed E-state index contributed by atoms with van der Waals surface area (Å²) in [5.74, 6) is -1.06. The summed E-state index contributed by atoms with van der Waals surface area (Å²) >= 11 is 0. The Morgan fingerprint density at radius 3 is 2.95 bits per heavy atom. The molecule has 1 heterocycles. The minimum absolute atomic E-state index is 0.0755. The van der Waals surface area contributed by atoms with Crippen LogP contribution in [0.4, 0.5) is 0 Å². The number of aliphatic carboxylic acids is 1. The van der Waals surface area contributed by atoms with Crippen LogP contribution in [0.25, 0.3) is 0 Å². The maximum Gasteiger partial charge on any atom is 0.325 e. The first-order valence-corrected chi connectivity index (χ1v) is 6.10. The number of nitrogens with zero attached hydrogens (tertiary/aromatic N) is 3. The molecule has 4 N–H and O–H groups in total. The van der Waals surface area contributed by atoms with Gasteiger partial charge in [-0.15, -0.1) is 5.10 Å². The fourth-order valence-corrected chi connectivity index (χ4v) is 1.50. The number of hydrogen-bond donors (Lipinski definition) is 3. The van der Waals surface area contributed by atoms with E-state index < -0.39 is 5.97 Å². The minimum Gasteiger partial charge on any atom is -0.480 e. The van der Waals surface area contributed by atoms with Crippen molar-refractivity contribution < 1.29 is 14.7 Å². The SMILES string of the molecule is CC(N)CCCC(=O)NCc1cn(CC(=O)O)nn1. The molecule has 8 heteroatoms. The fraction of sp³-hybridized carbons (Fsp3) is 0.636. The summed E-state index contributed by atoms with van der Waals surface area (Å²) in [6, 6.07) is 0.101. The molecule has 106 valence electrons. The van der Waals surface area contributed by atoms with Crippen molar-refractivity contribution in [1.82, 2.24) is 20.3 Å². The highest BCUT2D eigenvalue weighted by atomic mass is 16.4. The molecular formula is C11H19N5O3. The molecular weight excluding hydrogens is 250 g/mol. The molecule has 0 aliphatic heterocycles. The Bertz CT molecular complexity index is 430. The quantitative estimate of drug-likeness (QED) is 0.584. The Balaban J connectivity index is 2.26. The Morgan fingerprint density at radius 2 is 2.32 bits per heavy atom. The Hall–Kier alpha value is -1.96. The van der Waals surface area contributed by atoms with Gasteiger partial charge in [-0.2, -0.15) is 0 Å². The van der Waals surface area contributed by atoms with Crippen LogP contribution in [0.5, 0.6) is 0 Å². The second-order valence-corrected chi connectivity index (χ2v) is 4.45. The van der Waals surface area contributed by atoms with Crippen LogP contribution >= 0.6 is 0 Å². The van der Waals surface area contributed by atoms with Gasteiger partial charge < -0.3 is 16.2 Å². The number of carboxylic acid groups (broad SMARTS) is 1. The summed E-state index contributed by atoms with van der Waals surface area (Å²) < 4.78 is 1.21. The van der Waals surface area contributed by atoms with Crippen molar-refractivity contribution in [3.05, 3.63) is 11.9 Å². The molecule has 0 aliphatic rings. The van der Waals surface area contributed by atoms with Gasteiger partial charge in [0.15, 0.2) is 0 Å². The third-order valence-electron chi connectivity index (χ3n) is 2.41. The van der Waals surface area contributed by atoms with Crippen molar-refractivity contribution >= 4 is 11.9 Å². The zero-order valence-corrected chi connectivity index (χ0v) is 10.9. The van der Waals surface area contributed by atoms with E-state index in [-0.39, 0.29) is 25.0 Å². The van der Waals surface area contributed by atoms with Gasteiger partial charge in [-0.05, 0) is 19.8 Å². The molecule has 0 radical (unpaired) electrons. The van der Waals surface area contributed by atoms with Gasteiger partial charge in [-0.25, -0.2) is 4.68 Å². The summed E-state index contributed by atoms with van der Waals surface area (Å²) in [6.07, 6.45) is 3.47. The molecule has 1 rings (SSSR count). The first kappa shape index (κ1) is 15.1.